The molecule has 0 spiro atoms. The van der Waals surface area contributed by atoms with E-state index in [0.29, 0.717) is 37.7 Å². The average Bonchev–Trinajstić information content (AvgIpc) is 3.65. The SMILES string of the molecule is Cc1c(NC2Nc3ccccc3S2)nnc2c1CCCN2c1nc(C(=O)O)c(CCCOc2ccc(C#CCN(C)C)cc2)s1. The minimum Gasteiger partial charge on any atom is -0.494 e. The molecule has 0 saturated heterocycles. The van der Waals surface area contributed by atoms with Crippen molar-refractivity contribution in [1.29, 1.82) is 0 Å². The van der Waals surface area contributed by atoms with E-state index >= 15 is 0 Å². The molecule has 232 valence electrons. The molecule has 2 aromatic carbocycles. The van der Waals surface area contributed by atoms with E-state index in [0.717, 1.165) is 57.5 Å². The minimum absolute atomic E-state index is 0.0384. The molecule has 0 bridgehead atoms. The summed E-state index contributed by atoms with van der Waals surface area (Å²) < 4.78 is 5.93. The Balaban J connectivity index is 1.10. The Kier molecular flexibility index (Phi) is 9.39. The van der Waals surface area contributed by atoms with Gasteiger partial charge in [0.2, 0.25) is 0 Å². The Morgan fingerprint density at radius 3 is 2.80 bits per heavy atom. The van der Waals surface area contributed by atoms with Crippen LogP contribution in [0.25, 0.3) is 0 Å². The van der Waals surface area contributed by atoms with Crippen LogP contribution in [0.1, 0.15) is 44.9 Å². The van der Waals surface area contributed by atoms with E-state index in [9.17, 15) is 9.90 Å². The van der Waals surface area contributed by atoms with Gasteiger partial charge in [0.05, 0.1) is 18.8 Å². The topological polar surface area (TPSA) is 116 Å². The summed E-state index contributed by atoms with van der Waals surface area (Å²) in [6.45, 7) is 3.94. The number of fused-ring (bicyclic) bond motifs is 2. The van der Waals surface area contributed by atoms with E-state index in [4.69, 9.17) is 4.74 Å². The summed E-state index contributed by atoms with van der Waals surface area (Å²) in [5.41, 5.74) is 4.25. The van der Waals surface area contributed by atoms with Crippen LogP contribution in [0.3, 0.4) is 0 Å². The first-order chi connectivity index (χ1) is 21.9. The quantitative estimate of drug-likeness (QED) is 0.143. The van der Waals surface area contributed by atoms with Crippen molar-refractivity contribution in [3.05, 3.63) is 75.8 Å². The molecule has 12 heteroatoms. The van der Waals surface area contributed by atoms with Crippen molar-refractivity contribution in [3.63, 3.8) is 0 Å². The summed E-state index contributed by atoms with van der Waals surface area (Å²) >= 11 is 3.12. The summed E-state index contributed by atoms with van der Waals surface area (Å²) in [5, 5.41) is 26.7. The number of hydrogen-bond donors (Lipinski definition) is 3. The molecule has 4 aromatic rings. The number of nitrogens with one attached hydrogen (secondary N) is 2. The van der Waals surface area contributed by atoms with Crippen LogP contribution >= 0.6 is 23.1 Å². The van der Waals surface area contributed by atoms with Crippen molar-refractivity contribution in [2.45, 2.75) is 43.0 Å². The van der Waals surface area contributed by atoms with Gasteiger partial charge in [0.15, 0.2) is 28.0 Å². The predicted octanol–water partition coefficient (Wildman–Crippen LogP) is 5.86. The number of benzene rings is 2. The third-order valence-corrected chi connectivity index (χ3v) is 9.71. The number of thioether (sulfide) groups is 1. The van der Waals surface area contributed by atoms with Gasteiger partial charge in [-0.15, -0.1) is 21.5 Å². The Hall–Kier alpha value is -4.31. The lowest BCUT2D eigenvalue weighted by Gasteiger charge is -2.29. The second-order valence-corrected chi connectivity index (χ2v) is 13.3. The number of nitrogens with zero attached hydrogens (tertiary/aromatic N) is 5. The van der Waals surface area contributed by atoms with E-state index in [2.05, 4.69) is 56.7 Å². The normalized spacial score (nSPS) is 15.1. The van der Waals surface area contributed by atoms with E-state index in [1.807, 2.05) is 60.3 Å². The number of ether oxygens (including phenoxy) is 1. The number of carboxylic acid groups (broad SMARTS) is 1. The molecule has 0 aliphatic carbocycles. The molecule has 0 fully saturated rings. The van der Waals surface area contributed by atoms with Gasteiger partial charge in [-0.25, -0.2) is 9.78 Å². The van der Waals surface area contributed by atoms with Crippen LogP contribution in [-0.4, -0.2) is 70.4 Å². The number of aromatic nitrogens is 3. The van der Waals surface area contributed by atoms with Gasteiger partial charge in [-0.3, -0.25) is 4.90 Å². The largest absolute Gasteiger partial charge is 0.494 e. The summed E-state index contributed by atoms with van der Waals surface area (Å²) in [4.78, 5) is 22.7. The van der Waals surface area contributed by atoms with Gasteiger partial charge in [-0.05, 0) is 83.1 Å². The smallest absolute Gasteiger partial charge is 0.355 e. The Morgan fingerprint density at radius 2 is 2.02 bits per heavy atom. The van der Waals surface area contributed by atoms with Gasteiger partial charge >= 0.3 is 5.97 Å². The van der Waals surface area contributed by atoms with Crippen molar-refractivity contribution in [2.24, 2.45) is 0 Å². The molecule has 2 aromatic heterocycles. The van der Waals surface area contributed by atoms with Crippen LogP contribution in [0.5, 0.6) is 5.75 Å². The molecular formula is C33H35N7O3S2. The number of carbonyl (C=O) groups is 1. The zero-order valence-electron chi connectivity index (χ0n) is 25.5. The number of rotatable bonds is 10. The number of aryl methyl sites for hydroxylation is 1. The van der Waals surface area contributed by atoms with Crippen molar-refractivity contribution >= 4 is 51.5 Å². The first kappa shape index (κ1) is 30.7. The molecular weight excluding hydrogens is 607 g/mol. The van der Waals surface area contributed by atoms with E-state index < -0.39 is 5.97 Å². The predicted molar refractivity (Wildman–Crippen MR) is 180 cm³/mol. The van der Waals surface area contributed by atoms with Crippen LogP contribution < -0.4 is 20.3 Å². The molecule has 3 N–H and O–H groups in total. The van der Waals surface area contributed by atoms with Gasteiger partial charge < -0.3 is 25.4 Å². The summed E-state index contributed by atoms with van der Waals surface area (Å²) in [6, 6.07) is 15.9. The van der Waals surface area contributed by atoms with Crippen LogP contribution in [0.2, 0.25) is 0 Å². The number of hydrogen-bond acceptors (Lipinski definition) is 11. The second-order valence-electron chi connectivity index (χ2n) is 11.1. The Labute approximate surface area is 271 Å². The summed E-state index contributed by atoms with van der Waals surface area (Å²) in [6.07, 6.45) is 2.99. The van der Waals surface area contributed by atoms with Crippen molar-refractivity contribution in [2.75, 3.05) is 49.3 Å². The number of para-hydroxylation sites is 1. The van der Waals surface area contributed by atoms with Crippen molar-refractivity contribution < 1.29 is 14.6 Å². The molecule has 10 nitrogen and oxygen atoms in total. The van der Waals surface area contributed by atoms with Gasteiger partial charge in [0, 0.05) is 33.0 Å². The highest BCUT2D eigenvalue weighted by atomic mass is 32.2. The lowest BCUT2D eigenvalue weighted by atomic mass is 10.0. The first-order valence-electron chi connectivity index (χ1n) is 14.9. The maximum absolute atomic E-state index is 12.1. The maximum atomic E-state index is 12.1. The fourth-order valence-corrected chi connectivity index (χ4v) is 7.37. The zero-order valence-corrected chi connectivity index (χ0v) is 27.1. The summed E-state index contributed by atoms with van der Waals surface area (Å²) in [5.74, 6) is 7.48. The van der Waals surface area contributed by atoms with Crippen LogP contribution in [-0.2, 0) is 12.8 Å². The summed E-state index contributed by atoms with van der Waals surface area (Å²) in [7, 11) is 3.98. The van der Waals surface area contributed by atoms with E-state index in [1.54, 1.807) is 11.8 Å². The number of carboxylic acids is 1. The molecule has 1 unspecified atom stereocenters. The fourth-order valence-electron chi connectivity index (χ4n) is 5.23. The molecule has 2 aliphatic rings. The molecule has 0 radical (unpaired) electrons. The lowest BCUT2D eigenvalue weighted by Crippen LogP contribution is -2.28. The average molecular weight is 642 g/mol. The zero-order chi connectivity index (χ0) is 31.3. The van der Waals surface area contributed by atoms with Crippen molar-refractivity contribution in [3.8, 4) is 17.6 Å². The maximum Gasteiger partial charge on any atom is 0.355 e. The highest BCUT2D eigenvalue weighted by Crippen LogP contribution is 2.41. The highest BCUT2D eigenvalue weighted by Gasteiger charge is 2.29. The van der Waals surface area contributed by atoms with Crippen LogP contribution in [0, 0.1) is 18.8 Å². The Morgan fingerprint density at radius 1 is 1.20 bits per heavy atom. The number of anilines is 4. The molecule has 2 aliphatic heterocycles. The van der Waals surface area contributed by atoms with Gasteiger partial charge in [-0.2, -0.15) is 0 Å². The highest BCUT2D eigenvalue weighted by molar-refractivity contribution is 8.00. The van der Waals surface area contributed by atoms with Crippen LogP contribution in [0.15, 0.2) is 53.4 Å². The van der Waals surface area contributed by atoms with Crippen molar-refractivity contribution in [1.82, 2.24) is 20.1 Å². The molecule has 0 amide bonds. The standard InChI is InChI=1S/C33H35N7O3S2/c1-21-24-10-7-19-40(30(24)38-37-29(21)36-32-34-25-11-4-5-12-26(25)44-32)33-35-28(31(41)42)27(45-33)13-8-20-43-23-16-14-22(15-17-23)9-6-18-39(2)3/h4-5,11-12,14-17,32,34H,7-8,10,13,18-20H2,1-3H3,(H,36,37)(H,41,42). The number of thiazole rings is 1. The molecule has 6 rings (SSSR count). The fraction of sp³-hybridized carbons (Fsp3) is 0.333. The monoisotopic (exact) mass is 641 g/mol. The van der Waals surface area contributed by atoms with E-state index in [-0.39, 0.29) is 11.2 Å². The lowest BCUT2D eigenvalue weighted by molar-refractivity contribution is 0.0690. The van der Waals surface area contributed by atoms with Gasteiger partial charge in [-0.1, -0.05) is 35.7 Å². The molecule has 1 atom stereocenters. The van der Waals surface area contributed by atoms with Crippen LogP contribution in [0.4, 0.5) is 22.5 Å². The molecule has 45 heavy (non-hydrogen) atoms. The first-order valence-corrected chi connectivity index (χ1v) is 16.6. The van der Waals surface area contributed by atoms with E-state index in [1.165, 1.54) is 16.2 Å². The van der Waals surface area contributed by atoms with Gasteiger partial charge in [0.25, 0.3) is 0 Å². The van der Waals surface area contributed by atoms with Gasteiger partial charge in [0.1, 0.15) is 5.75 Å². The second kappa shape index (κ2) is 13.8. The Bertz CT molecular complexity index is 1720. The number of aromatic carboxylic acids is 1. The molecule has 0 saturated carbocycles. The third-order valence-electron chi connectivity index (χ3n) is 7.49. The third kappa shape index (κ3) is 7.17. The minimum atomic E-state index is -1.03. The molecule has 4 heterocycles.